The van der Waals surface area contributed by atoms with Crippen LogP contribution in [-0.4, -0.2) is 13.7 Å². The Morgan fingerprint density at radius 1 is 0.229 bits per heavy atom. The Morgan fingerprint density at radius 2 is 0.530 bits per heavy atom. The van der Waals surface area contributed by atoms with Crippen LogP contribution in [0.3, 0.4) is 0 Å². The molecule has 0 radical (unpaired) electrons. The predicted molar refractivity (Wildman–Crippen MR) is 354 cm³/mol. The molecule has 16 rings (SSSR count). The topological polar surface area (TPSA) is 14.8 Å². The Labute approximate surface area is 483 Å². The summed E-state index contributed by atoms with van der Waals surface area (Å²) in [5.74, 6) is 0. The van der Waals surface area contributed by atoms with E-state index in [0.29, 0.717) is 0 Å². The summed E-state index contributed by atoms with van der Waals surface area (Å²) < 4.78 is 7.44. The molecule has 3 heteroatoms. The van der Waals surface area contributed by atoms with Gasteiger partial charge in [0.25, 0.3) is 0 Å². The molecule has 16 aromatic rings. The van der Waals surface area contributed by atoms with Crippen molar-refractivity contribution in [1.29, 1.82) is 0 Å². The fourth-order valence-corrected chi connectivity index (χ4v) is 14.0. The molecular formula is C80H59N3. The number of benzene rings is 13. The van der Waals surface area contributed by atoms with Gasteiger partial charge in [-0.3, -0.25) is 0 Å². The highest BCUT2D eigenvalue weighted by Crippen LogP contribution is 2.46. The summed E-state index contributed by atoms with van der Waals surface area (Å²) in [6, 6.07) is 102. The second kappa shape index (κ2) is 19.8. The van der Waals surface area contributed by atoms with Crippen molar-refractivity contribution in [2.75, 3.05) is 0 Å². The Bertz CT molecular complexity index is 4940. The van der Waals surface area contributed by atoms with E-state index >= 15 is 0 Å². The van der Waals surface area contributed by atoms with E-state index in [0.717, 1.165) is 31.4 Å². The van der Waals surface area contributed by atoms with E-state index in [2.05, 4.69) is 301 Å². The summed E-state index contributed by atoms with van der Waals surface area (Å²) in [7, 11) is 0. The second-order valence-corrected chi connectivity index (χ2v) is 22.5. The van der Waals surface area contributed by atoms with E-state index in [1.54, 1.807) is 0 Å². The average Bonchev–Trinajstić information content (AvgIpc) is 4.26. The van der Waals surface area contributed by atoms with Crippen LogP contribution in [0.2, 0.25) is 0 Å². The lowest BCUT2D eigenvalue weighted by molar-refractivity contribution is 0.909. The molecule has 3 aromatic heterocycles. The number of hydrogen-bond acceptors (Lipinski definition) is 0. The van der Waals surface area contributed by atoms with E-state index in [-0.39, 0.29) is 0 Å². The third-order valence-corrected chi connectivity index (χ3v) is 17.7. The lowest BCUT2D eigenvalue weighted by Crippen LogP contribution is -1.99. The van der Waals surface area contributed by atoms with Gasteiger partial charge in [0.05, 0.1) is 33.1 Å². The molecule has 0 bridgehead atoms. The highest BCUT2D eigenvalue weighted by molar-refractivity contribution is 6.22. The van der Waals surface area contributed by atoms with Gasteiger partial charge in [0, 0.05) is 49.4 Å². The van der Waals surface area contributed by atoms with Gasteiger partial charge in [0.15, 0.2) is 0 Å². The number of aryl methyl sites for hydroxylation is 2. The molecular weight excluding hydrogens is 1000 g/mol. The second-order valence-electron chi connectivity index (χ2n) is 22.5. The van der Waals surface area contributed by atoms with Gasteiger partial charge in [-0.25, -0.2) is 0 Å². The standard InChI is InChI=1S/C80H59N3/c1-3-20-52-22-8-16-32-71(52)82-73-34-18-14-26-61(73)67-48-56(40-46-77(67)82)58-38-44-75-69(50-58)70-51-59(57-41-47-78-68(49-57)62-27-15-19-35-74(62)83(78)72-33-17-9-23-53(72)21-4-2)39-45-76(70)81(75)60-42-36-55(37-43-60)80-65-30-12-10-28-63(65)79(54-24-6-5-7-25-54)64-29-11-13-31-66(64)80/h5-19,22-51H,3-4,20-21H2,1-2H3. The van der Waals surface area contributed by atoms with Gasteiger partial charge < -0.3 is 13.7 Å². The molecule has 0 aliphatic rings. The highest BCUT2D eigenvalue weighted by Gasteiger charge is 2.22. The fraction of sp³-hybridized carbons (Fsp3) is 0.0750. The number of rotatable bonds is 11. The average molecular weight is 1060 g/mol. The van der Waals surface area contributed by atoms with Gasteiger partial charge in [-0.05, 0) is 175 Å². The summed E-state index contributed by atoms with van der Waals surface area (Å²) in [6.45, 7) is 4.54. The summed E-state index contributed by atoms with van der Waals surface area (Å²) in [5, 5.41) is 12.5. The molecule has 0 N–H and O–H groups in total. The van der Waals surface area contributed by atoms with Crippen molar-refractivity contribution in [2.45, 2.75) is 39.5 Å². The highest BCUT2D eigenvalue weighted by atomic mass is 15.0. The van der Waals surface area contributed by atoms with E-state index < -0.39 is 0 Å². The fourth-order valence-electron chi connectivity index (χ4n) is 14.0. The number of nitrogens with zero attached hydrogens (tertiary/aromatic N) is 3. The number of para-hydroxylation sites is 4. The molecule has 0 aliphatic heterocycles. The summed E-state index contributed by atoms with van der Waals surface area (Å²) in [6.07, 6.45) is 4.26. The molecule has 0 spiro atoms. The van der Waals surface area contributed by atoms with Crippen molar-refractivity contribution in [3.05, 3.63) is 284 Å². The lowest BCUT2D eigenvalue weighted by atomic mass is 9.86. The molecule has 394 valence electrons. The maximum atomic E-state index is 2.48. The van der Waals surface area contributed by atoms with Crippen molar-refractivity contribution in [3.63, 3.8) is 0 Å². The molecule has 0 amide bonds. The van der Waals surface area contributed by atoms with Gasteiger partial charge in [0.2, 0.25) is 0 Å². The molecule has 83 heavy (non-hydrogen) atoms. The first-order valence-corrected chi connectivity index (χ1v) is 29.5. The van der Waals surface area contributed by atoms with Crippen LogP contribution < -0.4 is 0 Å². The molecule has 0 saturated carbocycles. The van der Waals surface area contributed by atoms with Crippen molar-refractivity contribution >= 4 is 87.0 Å². The van der Waals surface area contributed by atoms with Crippen molar-refractivity contribution in [2.24, 2.45) is 0 Å². The van der Waals surface area contributed by atoms with Gasteiger partial charge in [-0.2, -0.15) is 0 Å². The van der Waals surface area contributed by atoms with Gasteiger partial charge in [-0.1, -0.05) is 215 Å². The van der Waals surface area contributed by atoms with Crippen LogP contribution in [0, 0.1) is 0 Å². The van der Waals surface area contributed by atoms with Crippen LogP contribution in [0.25, 0.3) is 149 Å². The lowest BCUT2D eigenvalue weighted by Gasteiger charge is -2.18. The summed E-state index contributed by atoms with van der Waals surface area (Å²) in [4.78, 5) is 0. The maximum absolute atomic E-state index is 2.48. The Balaban J connectivity index is 0.878. The monoisotopic (exact) mass is 1060 g/mol. The number of aromatic nitrogens is 3. The normalized spacial score (nSPS) is 11.9. The molecule has 0 aliphatic carbocycles. The van der Waals surface area contributed by atoms with Crippen LogP contribution in [-0.2, 0) is 12.8 Å². The SMILES string of the molecule is CCCc1ccccc1-n1c2ccccc2c2cc(-c3ccc4c(c3)c3cc(-c5ccc6c(c5)c5ccccc5n6-c5ccccc5CCC)ccc3n4-c3ccc(-c4c5ccccc5c(-c5ccccc5)c5ccccc45)cc3)ccc21. The first kappa shape index (κ1) is 48.7. The van der Waals surface area contributed by atoms with Gasteiger partial charge in [-0.15, -0.1) is 0 Å². The zero-order valence-electron chi connectivity index (χ0n) is 46.7. The van der Waals surface area contributed by atoms with E-state index in [9.17, 15) is 0 Å². The Hall–Kier alpha value is -10.2. The quantitative estimate of drug-likeness (QED) is 0.115. The Morgan fingerprint density at radius 3 is 0.940 bits per heavy atom. The molecule has 13 aromatic carbocycles. The molecule has 0 saturated heterocycles. The largest absolute Gasteiger partial charge is 0.309 e. The zero-order valence-corrected chi connectivity index (χ0v) is 46.7. The van der Waals surface area contributed by atoms with E-state index in [4.69, 9.17) is 0 Å². The van der Waals surface area contributed by atoms with Gasteiger partial charge >= 0.3 is 0 Å². The summed E-state index contributed by atoms with van der Waals surface area (Å²) >= 11 is 0. The third-order valence-electron chi connectivity index (χ3n) is 17.7. The number of fused-ring (bicyclic) bond motifs is 11. The minimum Gasteiger partial charge on any atom is -0.309 e. The van der Waals surface area contributed by atoms with Crippen LogP contribution in [0.15, 0.2) is 273 Å². The van der Waals surface area contributed by atoms with E-state index in [1.807, 2.05) is 0 Å². The first-order valence-electron chi connectivity index (χ1n) is 29.5. The molecule has 0 unspecified atom stereocenters. The predicted octanol–water partition coefficient (Wildman–Crippen LogP) is 21.9. The van der Waals surface area contributed by atoms with Crippen molar-refractivity contribution < 1.29 is 0 Å². The minimum absolute atomic E-state index is 1.03. The molecule has 0 atom stereocenters. The zero-order chi connectivity index (χ0) is 55.1. The number of hydrogen-bond donors (Lipinski definition) is 0. The van der Waals surface area contributed by atoms with Crippen LogP contribution in [0.1, 0.15) is 37.8 Å². The maximum Gasteiger partial charge on any atom is 0.0541 e. The van der Waals surface area contributed by atoms with Gasteiger partial charge in [0.1, 0.15) is 0 Å². The smallest absolute Gasteiger partial charge is 0.0541 e. The van der Waals surface area contributed by atoms with Crippen LogP contribution in [0.5, 0.6) is 0 Å². The molecule has 3 nitrogen and oxygen atoms in total. The first-order chi connectivity index (χ1) is 41.1. The van der Waals surface area contributed by atoms with Crippen LogP contribution in [0.4, 0.5) is 0 Å². The van der Waals surface area contributed by atoms with Crippen molar-refractivity contribution in [1.82, 2.24) is 13.7 Å². The van der Waals surface area contributed by atoms with Crippen LogP contribution >= 0.6 is 0 Å². The third kappa shape index (κ3) is 7.79. The van der Waals surface area contributed by atoms with E-state index in [1.165, 1.54) is 154 Å². The Kier molecular flexibility index (Phi) is 11.6. The molecule has 0 fully saturated rings. The minimum atomic E-state index is 1.03. The van der Waals surface area contributed by atoms with Crippen molar-refractivity contribution in [3.8, 4) is 61.6 Å². The molecule has 3 heterocycles. The summed E-state index contributed by atoms with van der Waals surface area (Å²) in [5.41, 5.74) is 23.4.